The van der Waals surface area contributed by atoms with Crippen LogP contribution >= 0.6 is 0 Å². The highest BCUT2D eigenvalue weighted by Gasteiger charge is 2.37. The van der Waals surface area contributed by atoms with E-state index < -0.39 is 11.9 Å². The van der Waals surface area contributed by atoms with Crippen LogP contribution in [0.5, 0.6) is 0 Å². The van der Waals surface area contributed by atoms with E-state index in [2.05, 4.69) is 10.2 Å². The minimum atomic E-state index is -4.61. The predicted molar refractivity (Wildman–Crippen MR) is 65.1 cm³/mol. The number of hydrogen-bond acceptors (Lipinski definition) is 5. The molecular formula is C11H14F3N5O. The number of rotatable bonds is 3. The summed E-state index contributed by atoms with van der Waals surface area (Å²) in [4.78, 5) is 1.76. The van der Waals surface area contributed by atoms with Gasteiger partial charge in [-0.2, -0.15) is 18.3 Å². The van der Waals surface area contributed by atoms with Gasteiger partial charge in [0, 0.05) is 30.9 Å². The lowest BCUT2D eigenvalue weighted by atomic mass is 10.1. The minimum Gasteiger partial charge on any atom is -0.385 e. The Bertz CT molecular complexity index is 516. The molecule has 0 unspecified atom stereocenters. The molecule has 1 aromatic rings. The molecule has 1 aliphatic heterocycles. The van der Waals surface area contributed by atoms with Crippen LogP contribution in [0.3, 0.4) is 0 Å². The van der Waals surface area contributed by atoms with Gasteiger partial charge in [-0.1, -0.05) is 0 Å². The van der Waals surface area contributed by atoms with E-state index in [1.54, 1.807) is 4.90 Å². The minimum absolute atomic E-state index is 0.243. The highest BCUT2D eigenvalue weighted by Crippen LogP contribution is 2.30. The van der Waals surface area contributed by atoms with E-state index in [0.717, 1.165) is 6.20 Å². The molecule has 0 aromatic carbocycles. The number of nitrogens with one attached hydrogen (secondary N) is 2. The highest BCUT2D eigenvalue weighted by molar-refractivity contribution is 6.07. The molecule has 20 heavy (non-hydrogen) atoms. The first-order valence-corrected chi connectivity index (χ1v) is 5.89. The van der Waals surface area contributed by atoms with Crippen molar-refractivity contribution in [2.24, 2.45) is 5.73 Å². The molecule has 4 N–H and O–H groups in total. The molecule has 0 saturated carbocycles. The molecule has 0 aliphatic carbocycles. The SMILES string of the molecule is N=C(/C=C(\N)N1CCOCC1)c1c[nH]nc1C(F)(F)F. The molecule has 0 spiro atoms. The van der Waals surface area contributed by atoms with Gasteiger partial charge in [-0.05, 0) is 0 Å². The number of hydrogen-bond donors (Lipinski definition) is 3. The van der Waals surface area contributed by atoms with Crippen LogP contribution < -0.4 is 5.73 Å². The van der Waals surface area contributed by atoms with Gasteiger partial charge in [0.05, 0.1) is 18.9 Å². The van der Waals surface area contributed by atoms with Crippen molar-refractivity contribution in [2.45, 2.75) is 6.18 Å². The molecule has 110 valence electrons. The van der Waals surface area contributed by atoms with Crippen molar-refractivity contribution in [2.75, 3.05) is 26.3 Å². The maximum atomic E-state index is 12.7. The van der Waals surface area contributed by atoms with Gasteiger partial charge in [0.15, 0.2) is 5.69 Å². The standard InChI is InChI=1S/C11H14F3N5O/c12-11(13,14)10-7(6-17-18-10)8(15)5-9(16)19-1-3-20-4-2-19/h5-6,15H,1-4,16H2,(H,17,18)/b9-5+,15-8?. The van der Waals surface area contributed by atoms with Crippen LogP contribution in [-0.2, 0) is 10.9 Å². The molecule has 2 heterocycles. The third-order valence-electron chi connectivity index (χ3n) is 2.87. The van der Waals surface area contributed by atoms with Crippen LogP contribution in [0.15, 0.2) is 18.1 Å². The van der Waals surface area contributed by atoms with Crippen molar-refractivity contribution in [3.05, 3.63) is 29.4 Å². The quantitative estimate of drug-likeness (QED) is 0.722. The number of nitrogens with zero attached hydrogens (tertiary/aromatic N) is 2. The van der Waals surface area contributed by atoms with Gasteiger partial charge < -0.3 is 20.8 Å². The monoisotopic (exact) mass is 289 g/mol. The van der Waals surface area contributed by atoms with Crippen molar-refractivity contribution in [3.8, 4) is 0 Å². The number of alkyl halides is 3. The summed E-state index contributed by atoms with van der Waals surface area (Å²) in [6.45, 7) is 2.10. The zero-order valence-electron chi connectivity index (χ0n) is 10.5. The van der Waals surface area contributed by atoms with Crippen molar-refractivity contribution in [1.29, 1.82) is 5.41 Å². The Morgan fingerprint density at radius 2 is 2.10 bits per heavy atom. The number of morpholine rings is 1. The molecule has 0 atom stereocenters. The molecule has 1 aliphatic rings. The van der Waals surface area contributed by atoms with Crippen molar-refractivity contribution in [1.82, 2.24) is 15.1 Å². The van der Waals surface area contributed by atoms with Crippen molar-refractivity contribution < 1.29 is 17.9 Å². The van der Waals surface area contributed by atoms with Crippen LogP contribution in [0, 0.1) is 5.41 Å². The van der Waals surface area contributed by atoms with E-state index in [1.807, 2.05) is 0 Å². The van der Waals surface area contributed by atoms with Crippen LogP contribution in [0.2, 0.25) is 0 Å². The summed E-state index contributed by atoms with van der Waals surface area (Å²) in [6, 6.07) is 0. The lowest BCUT2D eigenvalue weighted by Gasteiger charge is -2.28. The Labute approximate surface area is 112 Å². The van der Waals surface area contributed by atoms with Crippen LogP contribution in [0.4, 0.5) is 13.2 Å². The third kappa shape index (κ3) is 3.10. The van der Waals surface area contributed by atoms with E-state index in [1.165, 1.54) is 6.08 Å². The summed E-state index contributed by atoms with van der Waals surface area (Å²) in [5.74, 6) is 0.243. The predicted octanol–water partition coefficient (Wildman–Crippen LogP) is 0.929. The Kier molecular flexibility index (Phi) is 3.98. The second kappa shape index (κ2) is 5.53. The maximum absolute atomic E-state index is 12.7. The van der Waals surface area contributed by atoms with Gasteiger partial charge in [0.1, 0.15) is 5.82 Å². The molecule has 0 radical (unpaired) electrons. The fraction of sp³-hybridized carbons (Fsp3) is 0.455. The van der Waals surface area contributed by atoms with Crippen LogP contribution in [0.25, 0.3) is 0 Å². The average molecular weight is 289 g/mol. The Balaban J connectivity index is 2.17. The first kappa shape index (κ1) is 14.4. The summed E-state index contributed by atoms with van der Waals surface area (Å²) in [7, 11) is 0. The number of aromatic amines is 1. The number of H-pyrrole nitrogens is 1. The van der Waals surface area contributed by atoms with Crippen molar-refractivity contribution in [3.63, 3.8) is 0 Å². The van der Waals surface area contributed by atoms with Gasteiger partial charge >= 0.3 is 6.18 Å². The normalized spacial score (nSPS) is 17.4. The Morgan fingerprint density at radius 1 is 1.45 bits per heavy atom. The van der Waals surface area contributed by atoms with Gasteiger partial charge in [-0.25, -0.2) is 0 Å². The first-order valence-electron chi connectivity index (χ1n) is 5.89. The van der Waals surface area contributed by atoms with Crippen LogP contribution in [-0.4, -0.2) is 47.1 Å². The summed E-state index contributed by atoms with van der Waals surface area (Å²) >= 11 is 0. The van der Waals surface area contributed by atoms with E-state index in [0.29, 0.717) is 26.3 Å². The molecule has 0 amide bonds. The highest BCUT2D eigenvalue weighted by atomic mass is 19.4. The summed E-state index contributed by atoms with van der Waals surface area (Å²) in [5, 5.41) is 13.0. The van der Waals surface area contributed by atoms with E-state index in [9.17, 15) is 13.2 Å². The fourth-order valence-corrected chi connectivity index (χ4v) is 1.85. The Morgan fingerprint density at radius 3 is 2.70 bits per heavy atom. The third-order valence-corrected chi connectivity index (χ3v) is 2.87. The number of halogens is 3. The molecule has 0 bridgehead atoms. The van der Waals surface area contributed by atoms with Gasteiger partial charge in [0.2, 0.25) is 0 Å². The van der Waals surface area contributed by atoms with Crippen molar-refractivity contribution >= 4 is 5.71 Å². The van der Waals surface area contributed by atoms with E-state index in [-0.39, 0.29) is 17.1 Å². The second-order valence-electron chi connectivity index (χ2n) is 4.23. The van der Waals surface area contributed by atoms with E-state index >= 15 is 0 Å². The Hall–Kier alpha value is -2.03. The molecule has 1 fully saturated rings. The number of aromatic nitrogens is 2. The zero-order chi connectivity index (χ0) is 14.8. The molecule has 9 heteroatoms. The number of nitrogens with two attached hydrogens (primary N) is 1. The van der Waals surface area contributed by atoms with E-state index in [4.69, 9.17) is 15.9 Å². The number of ether oxygens (including phenoxy) is 1. The second-order valence-corrected chi connectivity index (χ2v) is 4.23. The van der Waals surface area contributed by atoms with Gasteiger partial charge in [-0.3, -0.25) is 5.10 Å². The lowest BCUT2D eigenvalue weighted by molar-refractivity contribution is -0.141. The van der Waals surface area contributed by atoms with Gasteiger partial charge in [-0.15, -0.1) is 0 Å². The summed E-state index contributed by atoms with van der Waals surface area (Å²) in [6.07, 6.45) is -2.37. The topological polar surface area (TPSA) is 91.0 Å². The molecule has 6 nitrogen and oxygen atoms in total. The molecule has 1 saturated heterocycles. The molecular weight excluding hydrogens is 275 g/mol. The summed E-state index contributed by atoms with van der Waals surface area (Å²) in [5.41, 5.74) is 4.01. The van der Waals surface area contributed by atoms with Gasteiger partial charge in [0.25, 0.3) is 0 Å². The summed E-state index contributed by atoms with van der Waals surface area (Å²) < 4.78 is 43.2. The fourth-order valence-electron chi connectivity index (χ4n) is 1.85. The van der Waals surface area contributed by atoms with Crippen LogP contribution in [0.1, 0.15) is 11.3 Å². The maximum Gasteiger partial charge on any atom is 0.435 e. The number of allylic oxidation sites excluding steroid dienone is 1. The zero-order valence-corrected chi connectivity index (χ0v) is 10.5. The molecule has 1 aromatic heterocycles. The lowest BCUT2D eigenvalue weighted by Crippen LogP contribution is -2.38. The molecule has 2 rings (SSSR count). The average Bonchev–Trinajstić information content (AvgIpc) is 2.89. The smallest absolute Gasteiger partial charge is 0.385 e. The largest absolute Gasteiger partial charge is 0.435 e. The first-order chi connectivity index (χ1) is 9.39.